The van der Waals surface area contributed by atoms with Crippen LogP contribution in [0.2, 0.25) is 0 Å². The average Bonchev–Trinajstić information content (AvgIpc) is 3.17. The number of unbranched alkanes of at least 4 members (excludes halogenated alkanes) is 1. The molecule has 3 rings (SSSR count). The first kappa shape index (κ1) is 24.1. The normalized spacial score (nSPS) is 21.2. The summed E-state index contributed by atoms with van der Waals surface area (Å²) in [6.07, 6.45) is 10.2. The van der Waals surface area contributed by atoms with Gasteiger partial charge in [0.2, 0.25) is 0 Å². The molecule has 0 radical (unpaired) electrons. The fourth-order valence-electron chi connectivity index (χ4n) is 4.06. The highest BCUT2D eigenvalue weighted by Crippen LogP contribution is 2.32. The minimum atomic E-state index is -0.738. The van der Waals surface area contributed by atoms with Crippen LogP contribution in [0.1, 0.15) is 76.1 Å². The molecule has 1 heterocycles. The molecule has 1 unspecified atom stereocenters. The van der Waals surface area contributed by atoms with Crippen molar-refractivity contribution in [1.82, 2.24) is 5.32 Å². The predicted molar refractivity (Wildman–Crippen MR) is 126 cm³/mol. The smallest absolute Gasteiger partial charge is 0.303 e. The van der Waals surface area contributed by atoms with Gasteiger partial charge in [-0.05, 0) is 50.0 Å². The topological polar surface area (TPSA) is 66.4 Å². The van der Waals surface area contributed by atoms with E-state index in [1.807, 2.05) is 37.4 Å². The molecule has 1 aromatic heterocycles. The molecule has 2 N–H and O–H groups in total. The van der Waals surface area contributed by atoms with E-state index in [9.17, 15) is 9.59 Å². The maximum absolute atomic E-state index is 12.9. The zero-order chi connectivity index (χ0) is 21.9. The van der Waals surface area contributed by atoms with Gasteiger partial charge in [-0.25, -0.2) is 0 Å². The quantitative estimate of drug-likeness (QED) is 0.364. The van der Waals surface area contributed by atoms with E-state index in [2.05, 4.69) is 30.5 Å². The number of amides is 1. The Hall–Kier alpha value is -2.14. The molecule has 2 aromatic rings. The number of rotatable bonds is 8. The lowest BCUT2D eigenvalue weighted by atomic mass is 9.77. The Bertz CT molecular complexity index is 842. The van der Waals surface area contributed by atoms with E-state index in [1.54, 1.807) is 11.3 Å². The van der Waals surface area contributed by atoms with Crippen LogP contribution < -0.4 is 5.32 Å². The molecule has 1 fully saturated rings. The van der Waals surface area contributed by atoms with E-state index >= 15 is 0 Å². The largest absolute Gasteiger partial charge is 0.481 e. The van der Waals surface area contributed by atoms with Gasteiger partial charge in [-0.2, -0.15) is 0 Å². The van der Waals surface area contributed by atoms with Crippen molar-refractivity contribution in [3.63, 3.8) is 0 Å². The molecule has 164 valence electrons. The Labute approximate surface area is 184 Å². The number of nitrogens with one attached hydrogen (secondary N) is 1. The number of fused-ring (bicyclic) bond motifs is 1. The van der Waals surface area contributed by atoms with Gasteiger partial charge in [0.25, 0.3) is 5.91 Å². The number of aliphatic carboxylic acids is 1. The van der Waals surface area contributed by atoms with Crippen LogP contribution in [0.15, 0.2) is 41.8 Å². The van der Waals surface area contributed by atoms with Gasteiger partial charge in [-0.15, -0.1) is 11.3 Å². The van der Waals surface area contributed by atoms with Gasteiger partial charge in [0.15, 0.2) is 0 Å². The molecule has 0 bridgehead atoms. The maximum atomic E-state index is 12.9. The highest BCUT2D eigenvalue weighted by Gasteiger charge is 2.29. The van der Waals surface area contributed by atoms with Gasteiger partial charge >= 0.3 is 5.97 Å². The van der Waals surface area contributed by atoms with Crippen molar-refractivity contribution in [3.8, 4) is 0 Å². The molecule has 4 nitrogen and oxygen atoms in total. The third-order valence-electron chi connectivity index (χ3n) is 5.66. The van der Waals surface area contributed by atoms with E-state index in [0.29, 0.717) is 18.3 Å². The maximum Gasteiger partial charge on any atom is 0.303 e. The van der Waals surface area contributed by atoms with Crippen LogP contribution in [-0.4, -0.2) is 23.0 Å². The van der Waals surface area contributed by atoms with E-state index < -0.39 is 5.97 Å². The van der Waals surface area contributed by atoms with E-state index in [1.165, 1.54) is 6.42 Å². The van der Waals surface area contributed by atoms with Gasteiger partial charge in [0.05, 0.1) is 5.56 Å². The lowest BCUT2D eigenvalue weighted by Gasteiger charge is -2.35. The van der Waals surface area contributed by atoms with Crippen molar-refractivity contribution < 1.29 is 14.7 Å². The first-order valence-corrected chi connectivity index (χ1v) is 12.1. The van der Waals surface area contributed by atoms with E-state index in [0.717, 1.165) is 41.3 Å². The summed E-state index contributed by atoms with van der Waals surface area (Å²) in [5.74, 6) is 0.367. The van der Waals surface area contributed by atoms with Crippen molar-refractivity contribution in [2.75, 3.05) is 0 Å². The summed E-state index contributed by atoms with van der Waals surface area (Å²) < 4.78 is 1.14. The Morgan fingerprint density at radius 1 is 1.20 bits per heavy atom. The number of carboxylic acid groups (broad SMARTS) is 1. The Morgan fingerprint density at radius 2 is 1.97 bits per heavy atom. The van der Waals surface area contributed by atoms with Crippen molar-refractivity contribution in [2.24, 2.45) is 11.8 Å². The second-order valence-electron chi connectivity index (χ2n) is 7.90. The molecule has 1 aromatic carbocycles. The third kappa shape index (κ3) is 6.98. The molecule has 1 aliphatic rings. The van der Waals surface area contributed by atoms with Crippen LogP contribution in [0.3, 0.4) is 0 Å². The van der Waals surface area contributed by atoms with Crippen LogP contribution in [0.4, 0.5) is 0 Å². The fourth-order valence-corrected chi connectivity index (χ4v) is 5.00. The number of benzene rings is 1. The Kier molecular flexibility index (Phi) is 10.1. The second-order valence-corrected chi connectivity index (χ2v) is 8.81. The van der Waals surface area contributed by atoms with Crippen molar-refractivity contribution in [3.05, 3.63) is 47.4 Å². The first-order chi connectivity index (χ1) is 14.5. The minimum absolute atomic E-state index is 0.0342. The Balaban J connectivity index is 0.00000155. The van der Waals surface area contributed by atoms with Crippen LogP contribution in [0.5, 0.6) is 0 Å². The van der Waals surface area contributed by atoms with Gasteiger partial charge in [0.1, 0.15) is 0 Å². The van der Waals surface area contributed by atoms with E-state index in [-0.39, 0.29) is 18.4 Å². The Morgan fingerprint density at radius 3 is 2.73 bits per heavy atom. The summed E-state index contributed by atoms with van der Waals surface area (Å²) in [5, 5.41) is 15.0. The highest BCUT2D eigenvalue weighted by molar-refractivity contribution is 7.17. The number of thiophene rings is 1. The van der Waals surface area contributed by atoms with Gasteiger partial charge in [0, 0.05) is 27.9 Å². The molecule has 0 spiro atoms. The van der Waals surface area contributed by atoms with Crippen LogP contribution in [0, 0.1) is 11.8 Å². The average molecular weight is 430 g/mol. The zero-order valence-corrected chi connectivity index (χ0v) is 19.2. The molecular formula is C25H35NO3S. The lowest BCUT2D eigenvalue weighted by molar-refractivity contribution is -0.137. The van der Waals surface area contributed by atoms with Crippen LogP contribution in [0.25, 0.3) is 10.1 Å². The van der Waals surface area contributed by atoms with Gasteiger partial charge < -0.3 is 10.4 Å². The summed E-state index contributed by atoms with van der Waals surface area (Å²) >= 11 is 1.62. The van der Waals surface area contributed by atoms with Crippen LogP contribution >= 0.6 is 11.3 Å². The minimum Gasteiger partial charge on any atom is -0.481 e. The number of allylic oxidation sites excluding steroid dienone is 2. The number of carboxylic acids is 1. The first-order valence-electron chi connectivity index (χ1n) is 11.2. The summed E-state index contributed by atoms with van der Waals surface area (Å²) in [4.78, 5) is 23.5. The standard InChI is InChI=1S/C23H29NO3S.C2H6/c1-16-12-13-17(8-4-2-3-5-11-22(25)26)20(14-16)24-23(27)19-15-28-21-10-7-6-9-18(19)21;1-2/h2,4,6-7,9-10,15-17,20H,3,5,8,11-14H2,1H3,(H,24,27)(H,25,26);1-2H3/b4-2-;/t16-,17+,20?;/m1./s1. The number of carbonyl (C=O) groups is 2. The predicted octanol–water partition coefficient (Wildman–Crippen LogP) is 6.66. The molecule has 0 aliphatic heterocycles. The molecule has 1 saturated carbocycles. The molecule has 3 atom stereocenters. The summed E-state index contributed by atoms with van der Waals surface area (Å²) in [5.41, 5.74) is 0.779. The van der Waals surface area contributed by atoms with Gasteiger partial charge in [-0.3, -0.25) is 9.59 Å². The van der Waals surface area contributed by atoms with Crippen LogP contribution in [-0.2, 0) is 4.79 Å². The molecule has 1 aliphatic carbocycles. The molecule has 1 amide bonds. The molecule has 0 saturated heterocycles. The molecule has 30 heavy (non-hydrogen) atoms. The molecular weight excluding hydrogens is 394 g/mol. The third-order valence-corrected chi connectivity index (χ3v) is 6.63. The van der Waals surface area contributed by atoms with E-state index in [4.69, 9.17) is 5.11 Å². The summed E-state index contributed by atoms with van der Waals surface area (Å²) in [6, 6.07) is 8.24. The van der Waals surface area contributed by atoms with Gasteiger partial charge in [-0.1, -0.05) is 57.5 Å². The highest BCUT2D eigenvalue weighted by atomic mass is 32.1. The zero-order valence-electron chi connectivity index (χ0n) is 18.4. The van der Waals surface area contributed by atoms with Crippen molar-refractivity contribution in [2.45, 2.75) is 71.8 Å². The number of hydrogen-bond acceptors (Lipinski definition) is 3. The lowest BCUT2D eigenvalue weighted by Crippen LogP contribution is -2.43. The SMILES string of the molecule is CC.C[C@@H]1CC[C@H](C/C=C\CCCC(=O)O)C(NC(=O)c2csc3ccccc23)C1. The van der Waals surface area contributed by atoms with Crippen molar-refractivity contribution in [1.29, 1.82) is 0 Å². The van der Waals surface area contributed by atoms with Crippen molar-refractivity contribution >= 4 is 33.3 Å². The summed E-state index contributed by atoms with van der Waals surface area (Å²) in [6.45, 7) is 6.26. The monoisotopic (exact) mass is 429 g/mol. The number of hydrogen-bond donors (Lipinski definition) is 2. The molecule has 5 heteroatoms. The summed E-state index contributed by atoms with van der Waals surface area (Å²) in [7, 11) is 0. The number of carbonyl (C=O) groups excluding carboxylic acids is 1. The second kappa shape index (κ2) is 12.5. The fraction of sp³-hybridized carbons (Fsp3) is 0.520.